The minimum atomic E-state index is 0.965. The van der Waals surface area contributed by atoms with E-state index < -0.39 is 0 Å². The third-order valence-corrected chi connectivity index (χ3v) is 3.79. The molecule has 0 aliphatic carbocycles. The van der Waals surface area contributed by atoms with Crippen LogP contribution in [-0.2, 0) is 0 Å². The summed E-state index contributed by atoms with van der Waals surface area (Å²) in [5, 5.41) is 0. The molecule has 0 radical (unpaired) electrons. The van der Waals surface area contributed by atoms with Crippen LogP contribution in [0.4, 0.5) is 5.69 Å². The number of nitrogens with zero attached hydrogens (tertiary/aromatic N) is 1. The Bertz CT molecular complexity index is 680. The molecule has 2 aromatic carbocycles. The summed E-state index contributed by atoms with van der Waals surface area (Å²) in [5.74, 6) is 0. The zero-order valence-corrected chi connectivity index (χ0v) is 12.1. The van der Waals surface area contributed by atoms with Crippen LogP contribution < -0.4 is 4.90 Å². The summed E-state index contributed by atoms with van der Waals surface area (Å²) in [4.78, 5) is 2.16. The molecule has 0 aromatic heterocycles. The van der Waals surface area contributed by atoms with Gasteiger partial charge in [0.1, 0.15) is 0 Å². The minimum Gasteiger partial charge on any atom is -0.315 e. The molecule has 1 nitrogen and oxygen atoms in total. The van der Waals surface area contributed by atoms with Crippen LogP contribution in [0.2, 0.25) is 0 Å². The standard InChI is InChI=1S/C20H19N/c1-16-13-14-19(15-18-9-5-3-6-10-18)17(2)21(16)20-11-7-4-8-12-20/h3-12,15H,1-2,13-14H2. The van der Waals surface area contributed by atoms with E-state index >= 15 is 0 Å². The second-order valence-corrected chi connectivity index (χ2v) is 5.26. The summed E-state index contributed by atoms with van der Waals surface area (Å²) in [7, 11) is 0. The van der Waals surface area contributed by atoms with Gasteiger partial charge in [0.15, 0.2) is 0 Å². The number of rotatable bonds is 2. The Hall–Kier alpha value is -2.54. The lowest BCUT2D eigenvalue weighted by molar-refractivity contribution is 0.830. The molecule has 1 aliphatic heterocycles. The van der Waals surface area contributed by atoms with Crippen molar-refractivity contribution in [2.45, 2.75) is 12.8 Å². The van der Waals surface area contributed by atoms with Crippen LogP contribution >= 0.6 is 0 Å². The first kappa shape index (κ1) is 13.4. The Kier molecular flexibility index (Phi) is 3.74. The van der Waals surface area contributed by atoms with Crippen molar-refractivity contribution < 1.29 is 0 Å². The van der Waals surface area contributed by atoms with Crippen LogP contribution in [-0.4, -0.2) is 0 Å². The van der Waals surface area contributed by atoms with Gasteiger partial charge < -0.3 is 4.90 Å². The molecule has 0 unspecified atom stereocenters. The normalized spacial score (nSPS) is 17.3. The predicted molar refractivity (Wildman–Crippen MR) is 90.9 cm³/mol. The van der Waals surface area contributed by atoms with Gasteiger partial charge in [0, 0.05) is 17.1 Å². The van der Waals surface area contributed by atoms with Crippen molar-refractivity contribution in [1.82, 2.24) is 0 Å². The number of hydrogen-bond donors (Lipinski definition) is 0. The van der Waals surface area contributed by atoms with E-state index in [2.05, 4.69) is 60.5 Å². The molecule has 3 rings (SSSR count). The van der Waals surface area contributed by atoms with Crippen molar-refractivity contribution in [3.8, 4) is 0 Å². The molecule has 0 saturated carbocycles. The largest absolute Gasteiger partial charge is 0.315 e. The van der Waals surface area contributed by atoms with Gasteiger partial charge in [0.05, 0.1) is 0 Å². The number of anilines is 1. The van der Waals surface area contributed by atoms with E-state index in [9.17, 15) is 0 Å². The lowest BCUT2D eigenvalue weighted by Crippen LogP contribution is -2.25. The summed E-state index contributed by atoms with van der Waals surface area (Å²) in [6.45, 7) is 8.50. The van der Waals surface area contributed by atoms with Crippen molar-refractivity contribution in [3.05, 3.63) is 96.4 Å². The molecule has 104 valence electrons. The molecule has 1 heteroatoms. The van der Waals surface area contributed by atoms with Gasteiger partial charge in [0.2, 0.25) is 0 Å². The van der Waals surface area contributed by atoms with E-state index in [1.807, 2.05) is 24.3 Å². The van der Waals surface area contributed by atoms with Crippen molar-refractivity contribution >= 4 is 11.8 Å². The van der Waals surface area contributed by atoms with Crippen molar-refractivity contribution in [2.24, 2.45) is 0 Å². The zero-order valence-electron chi connectivity index (χ0n) is 12.1. The fraction of sp³-hybridized carbons (Fsp3) is 0.100. The van der Waals surface area contributed by atoms with Crippen LogP contribution in [0.1, 0.15) is 18.4 Å². The first-order valence-corrected chi connectivity index (χ1v) is 7.23. The highest BCUT2D eigenvalue weighted by Crippen LogP contribution is 2.36. The molecule has 0 atom stereocenters. The molecule has 0 spiro atoms. The molecule has 0 bridgehead atoms. The second-order valence-electron chi connectivity index (χ2n) is 5.26. The van der Waals surface area contributed by atoms with E-state index in [0.29, 0.717) is 0 Å². The van der Waals surface area contributed by atoms with E-state index in [1.54, 1.807) is 0 Å². The highest BCUT2D eigenvalue weighted by molar-refractivity contribution is 5.68. The van der Waals surface area contributed by atoms with E-state index in [-0.39, 0.29) is 0 Å². The molecular formula is C20H19N. The lowest BCUT2D eigenvalue weighted by Gasteiger charge is -2.34. The predicted octanol–water partition coefficient (Wildman–Crippen LogP) is 5.40. The first-order valence-electron chi connectivity index (χ1n) is 7.23. The van der Waals surface area contributed by atoms with Gasteiger partial charge in [-0.2, -0.15) is 0 Å². The topological polar surface area (TPSA) is 3.24 Å². The number of hydrogen-bond acceptors (Lipinski definition) is 1. The van der Waals surface area contributed by atoms with Crippen LogP contribution in [0.25, 0.3) is 6.08 Å². The van der Waals surface area contributed by atoms with Gasteiger partial charge in [0.25, 0.3) is 0 Å². The highest BCUT2D eigenvalue weighted by Gasteiger charge is 2.22. The van der Waals surface area contributed by atoms with Gasteiger partial charge in [-0.1, -0.05) is 61.7 Å². The summed E-state index contributed by atoms with van der Waals surface area (Å²) in [6, 6.07) is 20.7. The number of benzene rings is 2. The zero-order chi connectivity index (χ0) is 14.7. The molecule has 0 amide bonds. The van der Waals surface area contributed by atoms with Gasteiger partial charge in [-0.15, -0.1) is 0 Å². The van der Waals surface area contributed by atoms with Crippen molar-refractivity contribution in [1.29, 1.82) is 0 Å². The molecule has 2 aromatic rings. The Balaban J connectivity index is 1.94. The molecular weight excluding hydrogens is 254 g/mol. The maximum Gasteiger partial charge on any atom is 0.0457 e. The molecule has 1 aliphatic rings. The van der Waals surface area contributed by atoms with E-state index in [4.69, 9.17) is 0 Å². The average molecular weight is 273 g/mol. The fourth-order valence-corrected chi connectivity index (χ4v) is 2.69. The lowest BCUT2D eigenvalue weighted by atomic mass is 9.96. The second kappa shape index (κ2) is 5.84. The van der Waals surface area contributed by atoms with Crippen LogP contribution in [0.3, 0.4) is 0 Å². The van der Waals surface area contributed by atoms with Crippen molar-refractivity contribution in [3.63, 3.8) is 0 Å². The quantitative estimate of drug-likeness (QED) is 0.708. The molecule has 1 heterocycles. The Morgan fingerprint density at radius 3 is 2.10 bits per heavy atom. The van der Waals surface area contributed by atoms with Crippen LogP contribution in [0.15, 0.2) is 90.8 Å². The summed E-state index contributed by atoms with van der Waals surface area (Å²) >= 11 is 0. The van der Waals surface area contributed by atoms with Crippen molar-refractivity contribution in [2.75, 3.05) is 4.90 Å². The minimum absolute atomic E-state index is 0.965. The van der Waals surface area contributed by atoms with Crippen LogP contribution in [0, 0.1) is 0 Å². The van der Waals surface area contributed by atoms with Gasteiger partial charge in [-0.25, -0.2) is 0 Å². The molecule has 1 fully saturated rings. The Labute approximate surface area is 126 Å². The number of allylic oxidation sites excluding steroid dienone is 2. The Morgan fingerprint density at radius 2 is 1.43 bits per heavy atom. The van der Waals surface area contributed by atoms with E-state index in [0.717, 1.165) is 29.9 Å². The highest BCUT2D eigenvalue weighted by atomic mass is 15.2. The molecule has 21 heavy (non-hydrogen) atoms. The number of piperidine rings is 1. The summed E-state index contributed by atoms with van der Waals surface area (Å²) in [5.41, 5.74) is 5.76. The first-order chi connectivity index (χ1) is 10.3. The SMILES string of the molecule is C=C1CCC(=Cc2ccccc2)C(=C)N1c1ccccc1. The van der Waals surface area contributed by atoms with E-state index in [1.165, 1.54) is 11.1 Å². The molecule has 1 saturated heterocycles. The third kappa shape index (κ3) is 2.82. The monoisotopic (exact) mass is 273 g/mol. The van der Waals surface area contributed by atoms with Gasteiger partial charge in [-0.05, 0) is 42.2 Å². The summed E-state index contributed by atoms with van der Waals surface area (Å²) in [6.07, 6.45) is 4.19. The van der Waals surface area contributed by atoms with Gasteiger partial charge in [-0.3, -0.25) is 0 Å². The maximum atomic E-state index is 4.30. The van der Waals surface area contributed by atoms with Crippen LogP contribution in [0.5, 0.6) is 0 Å². The number of para-hydroxylation sites is 1. The fourth-order valence-electron chi connectivity index (χ4n) is 2.69. The smallest absolute Gasteiger partial charge is 0.0457 e. The average Bonchev–Trinajstić information content (AvgIpc) is 2.52. The summed E-state index contributed by atoms with van der Waals surface area (Å²) < 4.78 is 0. The molecule has 0 N–H and O–H groups in total. The third-order valence-electron chi connectivity index (χ3n) is 3.79. The maximum absolute atomic E-state index is 4.30. The van der Waals surface area contributed by atoms with Gasteiger partial charge >= 0.3 is 0 Å². The Morgan fingerprint density at radius 1 is 0.810 bits per heavy atom.